The lowest BCUT2D eigenvalue weighted by molar-refractivity contribution is -0.151. The van der Waals surface area contributed by atoms with Gasteiger partial charge in [-0.25, -0.2) is 14.8 Å². The summed E-state index contributed by atoms with van der Waals surface area (Å²) in [5, 5.41) is 11.3. The lowest BCUT2D eigenvalue weighted by Crippen LogP contribution is -2.32. The molecule has 0 aliphatic heterocycles. The predicted octanol–water partition coefficient (Wildman–Crippen LogP) is 6.27. The molecule has 2 aromatic heterocycles. The summed E-state index contributed by atoms with van der Waals surface area (Å²) in [7, 11) is 1.58. The van der Waals surface area contributed by atoms with Crippen LogP contribution in [0.3, 0.4) is 0 Å². The molecular formula is C29H27ClN2O5S. The zero-order chi connectivity index (χ0) is 27.4. The maximum absolute atomic E-state index is 13.0. The van der Waals surface area contributed by atoms with Crippen molar-refractivity contribution in [3.05, 3.63) is 63.2 Å². The highest BCUT2D eigenvalue weighted by Gasteiger charge is 2.28. The van der Waals surface area contributed by atoms with E-state index < -0.39 is 12.1 Å². The SMILES string of the molecule is CC#Cc1sc2ncnc(O[C@H](Cc3ccccc3OC)C(=O)OCC)c2c1-c1cc(C)c(O)c(Cl)c1C. The van der Waals surface area contributed by atoms with E-state index in [0.717, 1.165) is 21.6 Å². The van der Waals surface area contributed by atoms with E-state index in [0.29, 0.717) is 27.1 Å². The van der Waals surface area contributed by atoms with Gasteiger partial charge >= 0.3 is 5.97 Å². The summed E-state index contributed by atoms with van der Waals surface area (Å²) in [5.74, 6) is 6.48. The maximum Gasteiger partial charge on any atom is 0.347 e. The Morgan fingerprint density at radius 2 is 2.00 bits per heavy atom. The van der Waals surface area contributed by atoms with Crippen LogP contribution in [0.15, 0.2) is 36.7 Å². The number of thiophene rings is 1. The number of hydrogen-bond donors (Lipinski definition) is 1. The minimum absolute atomic E-state index is 0.0301. The molecule has 0 amide bonds. The molecule has 0 unspecified atom stereocenters. The van der Waals surface area contributed by atoms with E-state index >= 15 is 0 Å². The third kappa shape index (κ3) is 5.26. The Bertz CT molecular complexity index is 1570. The van der Waals surface area contributed by atoms with Crippen LogP contribution in [0.2, 0.25) is 5.02 Å². The number of esters is 1. The van der Waals surface area contributed by atoms with Gasteiger partial charge in [0.05, 0.1) is 29.0 Å². The first-order valence-corrected chi connectivity index (χ1v) is 13.1. The zero-order valence-electron chi connectivity index (χ0n) is 21.7. The molecule has 0 aliphatic rings. The molecule has 0 radical (unpaired) electrons. The Labute approximate surface area is 230 Å². The molecule has 2 aromatic carbocycles. The predicted molar refractivity (Wildman–Crippen MR) is 149 cm³/mol. The van der Waals surface area contributed by atoms with Gasteiger partial charge in [-0.3, -0.25) is 0 Å². The third-order valence-electron chi connectivity index (χ3n) is 6.04. The number of aryl methyl sites for hydroxylation is 1. The standard InChI is InChI=1S/C29H27ClN2O5S/c1-6-10-22-23(19-13-16(3)26(33)25(30)17(19)4)24-27(31-15-32-28(24)38-22)37-21(29(34)36-7-2)14-18-11-8-9-12-20(18)35-5/h8-9,11-13,15,21,33H,7,14H2,1-5H3/t21-/m1/s1. The number of hydrogen-bond acceptors (Lipinski definition) is 8. The highest BCUT2D eigenvalue weighted by atomic mass is 35.5. The second-order valence-corrected chi connectivity index (χ2v) is 9.82. The fourth-order valence-corrected chi connectivity index (χ4v) is 5.49. The molecule has 1 N–H and O–H groups in total. The maximum atomic E-state index is 13.0. The van der Waals surface area contributed by atoms with Crippen LogP contribution in [0.25, 0.3) is 21.3 Å². The quantitative estimate of drug-likeness (QED) is 0.204. The van der Waals surface area contributed by atoms with Crippen LogP contribution < -0.4 is 9.47 Å². The number of halogens is 1. The van der Waals surface area contributed by atoms with E-state index in [1.807, 2.05) is 37.3 Å². The summed E-state index contributed by atoms with van der Waals surface area (Å²) < 4.78 is 17.1. The van der Waals surface area contributed by atoms with Crippen molar-refractivity contribution in [1.82, 2.24) is 9.97 Å². The fraction of sp³-hybridized carbons (Fsp3) is 0.276. The van der Waals surface area contributed by atoms with Crippen molar-refractivity contribution in [2.45, 2.75) is 40.2 Å². The van der Waals surface area contributed by atoms with Crippen LogP contribution in [0, 0.1) is 25.7 Å². The molecular weight excluding hydrogens is 524 g/mol. The van der Waals surface area contributed by atoms with Gasteiger partial charge in [-0.2, -0.15) is 0 Å². The number of fused-ring (bicyclic) bond motifs is 1. The molecule has 1 atom stereocenters. The molecule has 0 bridgehead atoms. The summed E-state index contributed by atoms with van der Waals surface area (Å²) in [6, 6.07) is 9.28. The van der Waals surface area contributed by atoms with E-state index in [2.05, 4.69) is 21.8 Å². The number of benzene rings is 2. The number of nitrogens with zero attached hydrogens (tertiary/aromatic N) is 2. The van der Waals surface area contributed by atoms with Gasteiger partial charge in [0.1, 0.15) is 22.7 Å². The number of ether oxygens (including phenoxy) is 3. The molecule has 0 saturated carbocycles. The lowest BCUT2D eigenvalue weighted by atomic mass is 9.96. The highest BCUT2D eigenvalue weighted by molar-refractivity contribution is 7.19. The molecule has 9 heteroatoms. The fourth-order valence-electron chi connectivity index (χ4n) is 4.19. The summed E-state index contributed by atoms with van der Waals surface area (Å²) in [5.41, 5.74) is 3.59. The third-order valence-corrected chi connectivity index (χ3v) is 7.51. The molecule has 0 aliphatic carbocycles. The number of para-hydroxylation sites is 1. The number of carbonyl (C=O) groups is 1. The van der Waals surface area contributed by atoms with Gasteiger partial charge in [0.15, 0.2) is 0 Å². The lowest BCUT2D eigenvalue weighted by Gasteiger charge is -2.19. The number of phenols is 1. The second kappa shape index (κ2) is 11.7. The minimum Gasteiger partial charge on any atom is -0.506 e. The Morgan fingerprint density at radius 3 is 2.71 bits per heavy atom. The van der Waals surface area contributed by atoms with Crippen molar-refractivity contribution < 1.29 is 24.1 Å². The molecule has 0 saturated heterocycles. The number of methoxy groups -OCH3 is 1. The van der Waals surface area contributed by atoms with Gasteiger partial charge in [-0.1, -0.05) is 35.7 Å². The van der Waals surface area contributed by atoms with Crippen molar-refractivity contribution in [2.75, 3.05) is 13.7 Å². The highest BCUT2D eigenvalue weighted by Crippen LogP contribution is 2.46. The first-order valence-electron chi connectivity index (χ1n) is 11.9. The first kappa shape index (κ1) is 27.2. The van der Waals surface area contributed by atoms with Crippen molar-refractivity contribution in [1.29, 1.82) is 0 Å². The molecule has 0 spiro atoms. The molecule has 0 fully saturated rings. The van der Waals surface area contributed by atoms with Crippen molar-refractivity contribution in [2.24, 2.45) is 0 Å². The van der Waals surface area contributed by atoms with E-state index in [-0.39, 0.29) is 29.7 Å². The van der Waals surface area contributed by atoms with Crippen molar-refractivity contribution >= 4 is 39.1 Å². The van der Waals surface area contributed by atoms with Crippen LogP contribution >= 0.6 is 22.9 Å². The summed E-state index contributed by atoms with van der Waals surface area (Å²) >= 11 is 7.88. The average molecular weight is 551 g/mol. The Kier molecular flexibility index (Phi) is 8.40. The van der Waals surface area contributed by atoms with Crippen LogP contribution in [-0.4, -0.2) is 40.9 Å². The van der Waals surface area contributed by atoms with Crippen LogP contribution in [0.1, 0.15) is 35.4 Å². The molecule has 7 nitrogen and oxygen atoms in total. The molecule has 2 heterocycles. The Balaban J connectivity index is 1.91. The summed E-state index contributed by atoms with van der Waals surface area (Å²) in [6.07, 6.45) is 0.608. The second-order valence-electron chi connectivity index (χ2n) is 8.44. The first-order chi connectivity index (χ1) is 18.3. The number of carbonyl (C=O) groups excluding carboxylic acids is 1. The number of aromatic hydroxyl groups is 1. The molecule has 4 rings (SSSR count). The number of aromatic nitrogens is 2. The summed E-state index contributed by atoms with van der Waals surface area (Å²) in [4.78, 5) is 23.3. The number of rotatable bonds is 8. The van der Waals surface area contributed by atoms with Gasteiger partial charge in [-0.05, 0) is 62.1 Å². The van der Waals surface area contributed by atoms with Crippen LogP contribution in [0.4, 0.5) is 0 Å². The van der Waals surface area contributed by atoms with E-state index in [1.165, 1.54) is 17.7 Å². The van der Waals surface area contributed by atoms with Crippen LogP contribution in [0.5, 0.6) is 17.4 Å². The zero-order valence-corrected chi connectivity index (χ0v) is 23.3. The largest absolute Gasteiger partial charge is 0.506 e. The average Bonchev–Trinajstić information content (AvgIpc) is 3.28. The molecule has 4 aromatic rings. The Hall–Kier alpha value is -3.80. The Morgan fingerprint density at radius 1 is 1.24 bits per heavy atom. The van der Waals surface area contributed by atoms with Crippen molar-refractivity contribution in [3.8, 4) is 40.3 Å². The van der Waals surface area contributed by atoms with Crippen molar-refractivity contribution in [3.63, 3.8) is 0 Å². The topological polar surface area (TPSA) is 90.8 Å². The molecule has 38 heavy (non-hydrogen) atoms. The van der Waals surface area contributed by atoms with Gasteiger partial charge in [-0.15, -0.1) is 17.3 Å². The molecule has 196 valence electrons. The van der Waals surface area contributed by atoms with E-state index in [4.69, 9.17) is 25.8 Å². The summed E-state index contributed by atoms with van der Waals surface area (Å²) in [6.45, 7) is 7.31. The monoisotopic (exact) mass is 550 g/mol. The van der Waals surface area contributed by atoms with Crippen LogP contribution in [-0.2, 0) is 16.0 Å². The normalized spacial score (nSPS) is 11.5. The van der Waals surface area contributed by atoms with Gasteiger partial charge < -0.3 is 19.3 Å². The minimum atomic E-state index is -0.996. The smallest absolute Gasteiger partial charge is 0.347 e. The van der Waals surface area contributed by atoms with Gasteiger partial charge in [0, 0.05) is 12.0 Å². The van der Waals surface area contributed by atoms with Gasteiger partial charge in [0.25, 0.3) is 0 Å². The van der Waals surface area contributed by atoms with Gasteiger partial charge in [0.2, 0.25) is 12.0 Å². The van der Waals surface area contributed by atoms with E-state index in [1.54, 1.807) is 27.9 Å². The number of phenolic OH excluding ortho intramolecular Hbond substituents is 1. The van der Waals surface area contributed by atoms with E-state index in [9.17, 15) is 9.90 Å².